The van der Waals surface area contributed by atoms with Gasteiger partial charge in [-0.1, -0.05) is 19.6 Å². The van der Waals surface area contributed by atoms with E-state index in [0.29, 0.717) is 0 Å². The van der Waals surface area contributed by atoms with Crippen molar-refractivity contribution in [2.45, 2.75) is 38.7 Å². The summed E-state index contributed by atoms with van der Waals surface area (Å²) < 4.78 is 11.6. The molecule has 0 aromatic rings. The van der Waals surface area contributed by atoms with Crippen LogP contribution in [-0.4, -0.2) is 43.6 Å². The Kier molecular flexibility index (Phi) is 6.94. The summed E-state index contributed by atoms with van der Waals surface area (Å²) in [6.07, 6.45) is 2.06. The van der Waals surface area contributed by atoms with E-state index in [1.165, 1.54) is 0 Å². The Morgan fingerprint density at radius 3 is 2.13 bits per heavy atom. The highest BCUT2D eigenvalue weighted by Crippen LogP contribution is 2.16. The van der Waals surface area contributed by atoms with Gasteiger partial charge in [0.05, 0.1) is 8.07 Å². The number of hydrogen-bond acceptors (Lipinski definition) is 3. The Morgan fingerprint density at radius 1 is 1.13 bits per heavy atom. The van der Waals surface area contributed by atoms with Crippen molar-refractivity contribution >= 4 is 16.6 Å². The monoisotopic (exact) mass is 249 g/mol. The van der Waals surface area contributed by atoms with Gasteiger partial charge < -0.3 is 14.2 Å². The third-order valence-electron chi connectivity index (χ3n) is 2.30. The predicted octanol–water partition coefficient (Wildman–Crippen LogP) is 2.21. The molecule has 0 spiro atoms. The van der Waals surface area contributed by atoms with Crippen LogP contribution in [0.3, 0.4) is 0 Å². The van der Waals surface area contributed by atoms with E-state index in [2.05, 4.69) is 31.5 Å². The fourth-order valence-corrected chi connectivity index (χ4v) is 5.43. The van der Waals surface area contributed by atoms with Gasteiger partial charge in [0.2, 0.25) is 0 Å². The SMILES string of the molecule is CNCCC[Si](C)(OC)OC[Si](C)(C)C. The van der Waals surface area contributed by atoms with Crippen molar-refractivity contribution in [1.29, 1.82) is 0 Å². The van der Waals surface area contributed by atoms with Gasteiger partial charge in [0.15, 0.2) is 0 Å². The molecule has 5 heteroatoms. The molecule has 1 unspecified atom stereocenters. The second kappa shape index (κ2) is 6.80. The molecule has 0 aliphatic rings. The van der Waals surface area contributed by atoms with Crippen LogP contribution in [0.4, 0.5) is 0 Å². The van der Waals surface area contributed by atoms with Gasteiger partial charge in [0, 0.05) is 13.3 Å². The lowest BCUT2D eigenvalue weighted by molar-refractivity contribution is 0.232. The van der Waals surface area contributed by atoms with Crippen LogP contribution in [0.1, 0.15) is 6.42 Å². The van der Waals surface area contributed by atoms with Crippen molar-refractivity contribution in [3.63, 3.8) is 0 Å². The van der Waals surface area contributed by atoms with Crippen molar-refractivity contribution in [3.05, 3.63) is 0 Å². The zero-order chi connectivity index (χ0) is 11.9. The molecule has 1 atom stereocenters. The van der Waals surface area contributed by atoms with E-state index in [9.17, 15) is 0 Å². The van der Waals surface area contributed by atoms with E-state index in [0.717, 1.165) is 25.2 Å². The van der Waals surface area contributed by atoms with Crippen LogP contribution in [0, 0.1) is 0 Å². The Labute approximate surface area is 96.8 Å². The Bertz CT molecular complexity index is 173. The maximum atomic E-state index is 6.04. The molecular formula is C10H27NO2Si2. The van der Waals surface area contributed by atoms with Crippen LogP contribution in [0.25, 0.3) is 0 Å². The first-order valence-electron chi connectivity index (χ1n) is 5.67. The Hall–Kier alpha value is 0.314. The van der Waals surface area contributed by atoms with E-state index >= 15 is 0 Å². The highest BCUT2D eigenvalue weighted by atomic mass is 28.4. The summed E-state index contributed by atoms with van der Waals surface area (Å²) in [6.45, 7) is 10.2. The molecule has 0 saturated carbocycles. The molecule has 0 fully saturated rings. The summed E-state index contributed by atoms with van der Waals surface area (Å²) >= 11 is 0. The quantitative estimate of drug-likeness (QED) is 0.528. The third kappa shape index (κ3) is 8.16. The maximum absolute atomic E-state index is 6.04. The average Bonchev–Trinajstić information content (AvgIpc) is 2.14. The molecule has 0 radical (unpaired) electrons. The van der Waals surface area contributed by atoms with Crippen LogP contribution in [0.2, 0.25) is 32.2 Å². The summed E-state index contributed by atoms with van der Waals surface area (Å²) in [6, 6.07) is 1.08. The van der Waals surface area contributed by atoms with Gasteiger partial charge in [-0.2, -0.15) is 0 Å². The van der Waals surface area contributed by atoms with E-state index < -0.39 is 16.6 Å². The normalized spacial score (nSPS) is 16.4. The molecule has 0 saturated heterocycles. The maximum Gasteiger partial charge on any atom is 0.334 e. The standard InChI is InChI=1S/C10H27NO2Si2/c1-11-8-7-9-15(6,12-2)13-10-14(3,4)5/h11H,7-10H2,1-6H3. The van der Waals surface area contributed by atoms with Crippen molar-refractivity contribution in [1.82, 2.24) is 5.32 Å². The third-order valence-corrected chi connectivity index (χ3v) is 6.48. The first kappa shape index (κ1) is 15.3. The minimum Gasteiger partial charge on any atom is -0.398 e. The zero-order valence-corrected chi connectivity index (χ0v) is 13.1. The fraction of sp³-hybridized carbons (Fsp3) is 1.00. The van der Waals surface area contributed by atoms with Crippen LogP contribution in [-0.2, 0) is 8.85 Å². The molecule has 0 rings (SSSR count). The minimum atomic E-state index is -1.88. The lowest BCUT2D eigenvalue weighted by Gasteiger charge is -2.28. The lowest BCUT2D eigenvalue weighted by Crippen LogP contribution is -2.43. The highest BCUT2D eigenvalue weighted by Gasteiger charge is 2.31. The summed E-state index contributed by atoms with van der Waals surface area (Å²) in [5.74, 6) is 0. The molecule has 92 valence electrons. The van der Waals surface area contributed by atoms with Crippen molar-refractivity contribution in [2.75, 3.05) is 26.9 Å². The second-order valence-electron chi connectivity index (χ2n) is 5.39. The van der Waals surface area contributed by atoms with E-state index in [4.69, 9.17) is 8.85 Å². The first-order chi connectivity index (χ1) is 6.83. The summed E-state index contributed by atoms with van der Waals surface area (Å²) in [7, 11) is 0.779. The molecule has 0 bridgehead atoms. The smallest absolute Gasteiger partial charge is 0.334 e. The van der Waals surface area contributed by atoms with Crippen molar-refractivity contribution in [2.24, 2.45) is 0 Å². The van der Waals surface area contributed by atoms with Gasteiger partial charge in [0.25, 0.3) is 0 Å². The second-order valence-corrected chi connectivity index (χ2v) is 14.3. The Balaban J connectivity index is 3.96. The van der Waals surface area contributed by atoms with Crippen LogP contribution in [0.15, 0.2) is 0 Å². The van der Waals surface area contributed by atoms with Gasteiger partial charge in [-0.3, -0.25) is 0 Å². The zero-order valence-electron chi connectivity index (χ0n) is 11.1. The highest BCUT2D eigenvalue weighted by molar-refractivity contribution is 6.77. The van der Waals surface area contributed by atoms with Crippen LogP contribution < -0.4 is 5.32 Å². The van der Waals surface area contributed by atoms with Crippen LogP contribution >= 0.6 is 0 Å². The summed E-state index contributed by atoms with van der Waals surface area (Å²) in [5, 5.41) is 3.16. The van der Waals surface area contributed by atoms with Gasteiger partial charge in [-0.05, 0) is 32.6 Å². The number of rotatable bonds is 8. The van der Waals surface area contributed by atoms with Gasteiger partial charge in [-0.15, -0.1) is 0 Å². The molecular weight excluding hydrogens is 222 g/mol. The van der Waals surface area contributed by atoms with Gasteiger partial charge in [0.1, 0.15) is 0 Å². The summed E-state index contributed by atoms with van der Waals surface area (Å²) in [4.78, 5) is 0. The molecule has 0 aromatic carbocycles. The Morgan fingerprint density at radius 2 is 1.73 bits per heavy atom. The number of hydrogen-bond donors (Lipinski definition) is 1. The van der Waals surface area contributed by atoms with Gasteiger partial charge >= 0.3 is 8.56 Å². The molecule has 3 nitrogen and oxygen atoms in total. The van der Waals surface area contributed by atoms with E-state index in [1.54, 1.807) is 7.11 Å². The van der Waals surface area contributed by atoms with E-state index in [1.807, 2.05) is 7.05 Å². The fourth-order valence-electron chi connectivity index (χ4n) is 1.19. The lowest BCUT2D eigenvalue weighted by atomic mass is 10.5. The summed E-state index contributed by atoms with van der Waals surface area (Å²) in [5.41, 5.74) is 0. The van der Waals surface area contributed by atoms with Gasteiger partial charge in [-0.25, -0.2) is 0 Å². The first-order valence-corrected chi connectivity index (χ1v) is 11.9. The molecule has 15 heavy (non-hydrogen) atoms. The van der Waals surface area contributed by atoms with Crippen molar-refractivity contribution in [3.8, 4) is 0 Å². The predicted molar refractivity (Wildman–Crippen MR) is 71.3 cm³/mol. The molecule has 0 heterocycles. The molecule has 1 N–H and O–H groups in total. The van der Waals surface area contributed by atoms with Crippen molar-refractivity contribution < 1.29 is 8.85 Å². The molecule has 0 aliphatic carbocycles. The van der Waals surface area contributed by atoms with E-state index in [-0.39, 0.29) is 0 Å². The topological polar surface area (TPSA) is 30.5 Å². The van der Waals surface area contributed by atoms with Crippen LogP contribution in [0.5, 0.6) is 0 Å². The largest absolute Gasteiger partial charge is 0.398 e. The average molecular weight is 250 g/mol. The molecule has 0 amide bonds. The molecule has 0 aromatic heterocycles. The molecule has 0 aliphatic heterocycles. The minimum absolute atomic E-state index is 0.920. The number of nitrogens with one attached hydrogen (secondary N) is 1.